The molecule has 0 saturated heterocycles. The zero-order valence-electron chi connectivity index (χ0n) is 18.3. The van der Waals surface area contributed by atoms with Gasteiger partial charge in [-0.05, 0) is 43.7 Å². The van der Waals surface area contributed by atoms with Gasteiger partial charge in [0.15, 0.2) is 0 Å². The highest BCUT2D eigenvalue weighted by molar-refractivity contribution is 5.82. The van der Waals surface area contributed by atoms with Crippen molar-refractivity contribution in [3.05, 3.63) is 82.9 Å². The third kappa shape index (κ3) is 6.16. The Morgan fingerprint density at radius 3 is 2.44 bits per heavy atom. The van der Waals surface area contributed by atoms with Crippen LogP contribution >= 0.6 is 0 Å². The van der Waals surface area contributed by atoms with Crippen LogP contribution in [0, 0.1) is 19.7 Å². The van der Waals surface area contributed by atoms with Crippen LogP contribution in [0.2, 0.25) is 0 Å². The largest absolute Gasteiger partial charge is 0.370 e. The van der Waals surface area contributed by atoms with E-state index in [1.54, 1.807) is 17.0 Å². The number of aryl methyl sites for hydroxylation is 1. The first-order valence-corrected chi connectivity index (χ1v) is 10.5. The predicted octanol–water partition coefficient (Wildman–Crippen LogP) is 2.69. The lowest BCUT2D eigenvalue weighted by Gasteiger charge is -2.23. The number of nitrogens with one attached hydrogen (secondary N) is 1. The molecule has 3 aromatic rings. The van der Waals surface area contributed by atoms with E-state index >= 15 is 0 Å². The molecule has 2 amide bonds. The second-order valence-electron chi connectivity index (χ2n) is 7.68. The van der Waals surface area contributed by atoms with Crippen molar-refractivity contribution in [1.82, 2.24) is 15.1 Å². The quantitative estimate of drug-likeness (QED) is 0.510. The van der Waals surface area contributed by atoms with E-state index in [0.717, 1.165) is 22.5 Å². The molecule has 8 heteroatoms. The number of amides is 2. The normalized spacial score (nSPS) is 10.7. The molecule has 1 aromatic heterocycles. The number of nitrogens with zero attached hydrogens (tertiary/aromatic N) is 3. The summed E-state index contributed by atoms with van der Waals surface area (Å²) in [5.41, 5.74) is 9.89. The van der Waals surface area contributed by atoms with Crippen molar-refractivity contribution >= 4 is 17.5 Å². The summed E-state index contributed by atoms with van der Waals surface area (Å²) in [5.74, 6) is -1.05. The van der Waals surface area contributed by atoms with Crippen molar-refractivity contribution in [1.29, 1.82) is 0 Å². The van der Waals surface area contributed by atoms with Crippen LogP contribution in [0.25, 0.3) is 0 Å². The Bertz CT molecular complexity index is 1060. The number of rotatable bonds is 10. The molecule has 7 nitrogen and oxygen atoms in total. The number of carbonyl (C=O) groups is 2. The lowest BCUT2D eigenvalue weighted by molar-refractivity contribution is -0.120. The minimum atomic E-state index is -0.463. The second kappa shape index (κ2) is 10.6. The van der Waals surface area contributed by atoms with E-state index in [1.165, 1.54) is 12.1 Å². The first-order valence-electron chi connectivity index (χ1n) is 10.5. The van der Waals surface area contributed by atoms with Crippen molar-refractivity contribution in [3.8, 4) is 0 Å². The maximum atomic E-state index is 13.3. The van der Waals surface area contributed by atoms with Crippen molar-refractivity contribution in [2.24, 2.45) is 5.73 Å². The van der Waals surface area contributed by atoms with Crippen LogP contribution in [-0.4, -0.2) is 34.7 Å². The van der Waals surface area contributed by atoms with Gasteiger partial charge in [0.25, 0.3) is 0 Å². The number of primary amides is 1. The number of halogens is 1. The number of hydrogen-bond acceptors (Lipinski definition) is 4. The van der Waals surface area contributed by atoms with Crippen LogP contribution in [0.3, 0.4) is 0 Å². The Morgan fingerprint density at radius 2 is 1.78 bits per heavy atom. The van der Waals surface area contributed by atoms with Gasteiger partial charge in [0.2, 0.25) is 11.8 Å². The summed E-state index contributed by atoms with van der Waals surface area (Å²) in [4.78, 5) is 25.6. The molecule has 32 heavy (non-hydrogen) atoms. The van der Waals surface area contributed by atoms with Gasteiger partial charge in [-0.25, -0.2) is 4.39 Å². The zero-order valence-corrected chi connectivity index (χ0v) is 18.3. The summed E-state index contributed by atoms with van der Waals surface area (Å²) in [6.07, 6.45) is 0.0924. The SMILES string of the molecule is Cc1nn(Cc2ccccc2)c(C)c1CNC(=O)CN(CCC(N)=O)c1ccc(F)cc1. The number of aromatic nitrogens is 2. The van der Waals surface area contributed by atoms with E-state index in [2.05, 4.69) is 10.4 Å². The third-order valence-electron chi connectivity index (χ3n) is 5.32. The molecular weight excluding hydrogens is 409 g/mol. The third-order valence-corrected chi connectivity index (χ3v) is 5.32. The second-order valence-corrected chi connectivity index (χ2v) is 7.68. The van der Waals surface area contributed by atoms with E-state index in [-0.39, 0.29) is 31.2 Å². The smallest absolute Gasteiger partial charge is 0.239 e. The van der Waals surface area contributed by atoms with Crippen LogP contribution < -0.4 is 16.0 Å². The average Bonchev–Trinajstić information content (AvgIpc) is 3.03. The summed E-state index contributed by atoms with van der Waals surface area (Å²) >= 11 is 0. The molecule has 0 saturated carbocycles. The Labute approximate surface area is 187 Å². The molecule has 0 fully saturated rings. The first kappa shape index (κ1) is 23.0. The van der Waals surface area contributed by atoms with Gasteiger partial charge in [-0.3, -0.25) is 14.3 Å². The molecule has 0 radical (unpaired) electrons. The van der Waals surface area contributed by atoms with Crippen LogP contribution in [0.5, 0.6) is 0 Å². The minimum Gasteiger partial charge on any atom is -0.370 e. The topological polar surface area (TPSA) is 93.2 Å². The van der Waals surface area contributed by atoms with E-state index in [0.29, 0.717) is 18.8 Å². The van der Waals surface area contributed by atoms with Gasteiger partial charge in [-0.15, -0.1) is 0 Å². The fourth-order valence-electron chi connectivity index (χ4n) is 3.51. The highest BCUT2D eigenvalue weighted by Crippen LogP contribution is 2.16. The maximum absolute atomic E-state index is 13.3. The van der Waals surface area contributed by atoms with Crippen LogP contribution in [0.4, 0.5) is 10.1 Å². The molecule has 0 aliphatic heterocycles. The molecule has 168 valence electrons. The van der Waals surface area contributed by atoms with E-state index in [4.69, 9.17) is 5.73 Å². The van der Waals surface area contributed by atoms with Crippen molar-refractivity contribution in [2.45, 2.75) is 33.4 Å². The standard InChI is InChI=1S/C24H28FN5O2/c1-17-22(18(2)30(28-17)15-19-6-4-3-5-7-19)14-27-24(32)16-29(13-12-23(26)31)21-10-8-20(25)9-11-21/h3-11H,12-16H2,1-2H3,(H2,26,31)(H,27,32). The van der Waals surface area contributed by atoms with E-state index in [1.807, 2.05) is 48.9 Å². The predicted molar refractivity (Wildman–Crippen MR) is 122 cm³/mol. The summed E-state index contributed by atoms with van der Waals surface area (Å²) in [6, 6.07) is 15.8. The van der Waals surface area contributed by atoms with Gasteiger partial charge in [0, 0.05) is 36.5 Å². The molecule has 0 spiro atoms. The van der Waals surface area contributed by atoms with Crippen molar-refractivity contribution in [3.63, 3.8) is 0 Å². The highest BCUT2D eigenvalue weighted by atomic mass is 19.1. The van der Waals surface area contributed by atoms with Gasteiger partial charge in [0.1, 0.15) is 5.82 Å². The van der Waals surface area contributed by atoms with Crippen LogP contribution in [0.1, 0.15) is 28.9 Å². The molecule has 2 aromatic carbocycles. The zero-order chi connectivity index (χ0) is 23.1. The lowest BCUT2D eigenvalue weighted by atomic mass is 10.2. The molecule has 0 atom stereocenters. The number of carbonyl (C=O) groups excluding carboxylic acids is 2. The fraction of sp³-hybridized carbons (Fsp3) is 0.292. The average molecular weight is 438 g/mol. The molecular formula is C24H28FN5O2. The Hall–Kier alpha value is -3.68. The molecule has 0 aliphatic rings. The molecule has 3 rings (SSSR count). The summed E-state index contributed by atoms with van der Waals surface area (Å²) < 4.78 is 15.2. The molecule has 3 N–H and O–H groups in total. The Kier molecular flexibility index (Phi) is 7.59. The van der Waals surface area contributed by atoms with Crippen molar-refractivity contribution < 1.29 is 14.0 Å². The summed E-state index contributed by atoms with van der Waals surface area (Å²) in [6.45, 7) is 5.21. The van der Waals surface area contributed by atoms with Crippen molar-refractivity contribution in [2.75, 3.05) is 18.0 Å². The Morgan fingerprint density at radius 1 is 1.09 bits per heavy atom. The first-order chi connectivity index (χ1) is 15.3. The van der Waals surface area contributed by atoms with Crippen LogP contribution in [0.15, 0.2) is 54.6 Å². The van der Waals surface area contributed by atoms with Gasteiger partial charge in [0.05, 0.1) is 18.8 Å². The van der Waals surface area contributed by atoms with E-state index in [9.17, 15) is 14.0 Å². The number of hydrogen-bond donors (Lipinski definition) is 2. The van der Waals surface area contributed by atoms with Crippen LogP contribution in [-0.2, 0) is 22.7 Å². The minimum absolute atomic E-state index is 0.0230. The number of benzene rings is 2. The van der Waals surface area contributed by atoms with Gasteiger partial charge < -0.3 is 16.0 Å². The molecule has 0 aliphatic carbocycles. The maximum Gasteiger partial charge on any atom is 0.239 e. The lowest BCUT2D eigenvalue weighted by Crippen LogP contribution is -2.38. The summed E-state index contributed by atoms with van der Waals surface area (Å²) in [7, 11) is 0. The number of anilines is 1. The van der Waals surface area contributed by atoms with Gasteiger partial charge in [-0.1, -0.05) is 30.3 Å². The molecule has 0 bridgehead atoms. The molecule has 1 heterocycles. The number of nitrogens with two attached hydrogens (primary N) is 1. The Balaban J connectivity index is 1.64. The highest BCUT2D eigenvalue weighted by Gasteiger charge is 2.16. The fourth-order valence-corrected chi connectivity index (χ4v) is 3.51. The van der Waals surface area contributed by atoms with Gasteiger partial charge in [-0.2, -0.15) is 5.10 Å². The van der Waals surface area contributed by atoms with Gasteiger partial charge >= 0.3 is 0 Å². The summed E-state index contributed by atoms with van der Waals surface area (Å²) in [5, 5.41) is 7.55. The molecule has 0 unspecified atom stereocenters. The van der Waals surface area contributed by atoms with E-state index < -0.39 is 5.91 Å². The monoisotopic (exact) mass is 437 g/mol.